The normalized spacial score (nSPS) is 21.0. The lowest BCUT2D eigenvalue weighted by atomic mass is 9.92. The maximum Gasteiger partial charge on any atom is 0.258 e. The summed E-state index contributed by atoms with van der Waals surface area (Å²) in [6.07, 6.45) is 3.58. The number of H-pyrrole nitrogens is 1. The van der Waals surface area contributed by atoms with Crippen LogP contribution in [0.15, 0.2) is 23.0 Å². The molecule has 112 valence electrons. The van der Waals surface area contributed by atoms with Crippen LogP contribution in [0.5, 0.6) is 0 Å². The molecule has 0 saturated heterocycles. The van der Waals surface area contributed by atoms with E-state index in [0.29, 0.717) is 39.8 Å². The highest BCUT2D eigenvalue weighted by molar-refractivity contribution is 6.31. The summed E-state index contributed by atoms with van der Waals surface area (Å²) >= 11 is 5.97. The van der Waals surface area contributed by atoms with E-state index in [4.69, 9.17) is 11.6 Å². The molecule has 4 nitrogen and oxygen atoms in total. The van der Waals surface area contributed by atoms with Crippen LogP contribution in [0, 0.1) is 5.41 Å². The van der Waals surface area contributed by atoms with Crippen molar-refractivity contribution in [1.29, 1.82) is 0 Å². The Hall–Kier alpha value is -1.39. The highest BCUT2D eigenvalue weighted by Crippen LogP contribution is 2.36. The van der Waals surface area contributed by atoms with Gasteiger partial charge in [0.2, 0.25) is 0 Å². The zero-order valence-corrected chi connectivity index (χ0v) is 13.1. The number of aromatic amines is 1. The van der Waals surface area contributed by atoms with Gasteiger partial charge < -0.3 is 10.3 Å². The van der Waals surface area contributed by atoms with E-state index in [0.717, 1.165) is 6.42 Å². The summed E-state index contributed by atoms with van der Waals surface area (Å²) < 4.78 is 0. The molecule has 2 aromatic rings. The van der Waals surface area contributed by atoms with Gasteiger partial charge >= 0.3 is 0 Å². The zero-order chi connectivity index (χ0) is 15.0. The maximum absolute atomic E-state index is 12.0. The molecule has 1 aromatic carbocycles. The van der Waals surface area contributed by atoms with Crippen LogP contribution in [0.3, 0.4) is 0 Å². The van der Waals surface area contributed by atoms with Gasteiger partial charge in [-0.2, -0.15) is 0 Å². The van der Waals surface area contributed by atoms with Gasteiger partial charge in [-0.1, -0.05) is 25.4 Å². The van der Waals surface area contributed by atoms with Crippen molar-refractivity contribution in [2.24, 2.45) is 5.41 Å². The number of nitrogens with one attached hydrogen (secondary N) is 2. The van der Waals surface area contributed by atoms with Gasteiger partial charge in [0.15, 0.2) is 0 Å². The fourth-order valence-electron chi connectivity index (χ4n) is 3.10. The Morgan fingerprint density at radius 3 is 3.00 bits per heavy atom. The van der Waals surface area contributed by atoms with Gasteiger partial charge in [0, 0.05) is 11.1 Å². The summed E-state index contributed by atoms with van der Waals surface area (Å²) in [5.41, 5.74) is 0.949. The maximum atomic E-state index is 12.0. The van der Waals surface area contributed by atoms with Gasteiger partial charge in [0.25, 0.3) is 5.56 Å². The highest BCUT2D eigenvalue weighted by Gasteiger charge is 2.30. The molecule has 1 aliphatic rings. The van der Waals surface area contributed by atoms with Crippen molar-refractivity contribution in [2.75, 3.05) is 0 Å². The van der Waals surface area contributed by atoms with Gasteiger partial charge in [-0.15, -0.1) is 0 Å². The van der Waals surface area contributed by atoms with Gasteiger partial charge in [-0.25, -0.2) is 4.98 Å². The van der Waals surface area contributed by atoms with E-state index in [1.807, 2.05) is 0 Å². The largest absolute Gasteiger partial charge is 0.309 e. The fraction of sp³-hybridized carbons (Fsp3) is 0.500. The Morgan fingerprint density at radius 1 is 1.48 bits per heavy atom. The number of fused-ring (bicyclic) bond motifs is 1. The summed E-state index contributed by atoms with van der Waals surface area (Å²) in [5.74, 6) is 0.666. The van der Waals surface area contributed by atoms with E-state index in [9.17, 15) is 4.79 Å². The summed E-state index contributed by atoms with van der Waals surface area (Å²) in [4.78, 5) is 19.4. The third-order valence-corrected chi connectivity index (χ3v) is 4.48. The molecule has 1 saturated carbocycles. The van der Waals surface area contributed by atoms with Crippen molar-refractivity contribution in [3.8, 4) is 0 Å². The quantitative estimate of drug-likeness (QED) is 0.915. The monoisotopic (exact) mass is 305 g/mol. The summed E-state index contributed by atoms with van der Waals surface area (Å²) in [6, 6.07) is 5.65. The number of rotatable bonds is 3. The van der Waals surface area contributed by atoms with Crippen LogP contribution >= 0.6 is 11.6 Å². The average molecular weight is 306 g/mol. The van der Waals surface area contributed by atoms with E-state index in [2.05, 4.69) is 29.1 Å². The Labute approximate surface area is 128 Å². The lowest BCUT2D eigenvalue weighted by molar-refractivity contribution is 0.363. The minimum Gasteiger partial charge on any atom is -0.309 e. The van der Waals surface area contributed by atoms with Crippen LogP contribution in [-0.4, -0.2) is 16.0 Å². The van der Waals surface area contributed by atoms with E-state index in [-0.39, 0.29) is 5.56 Å². The minimum absolute atomic E-state index is 0.111. The number of nitrogens with zero attached hydrogens (tertiary/aromatic N) is 1. The van der Waals surface area contributed by atoms with Crippen LogP contribution in [-0.2, 0) is 6.54 Å². The van der Waals surface area contributed by atoms with Crippen LogP contribution in [0.4, 0.5) is 0 Å². The van der Waals surface area contributed by atoms with E-state index >= 15 is 0 Å². The van der Waals surface area contributed by atoms with Crippen molar-refractivity contribution in [1.82, 2.24) is 15.3 Å². The molecule has 1 aromatic heterocycles. The molecule has 0 amide bonds. The molecule has 1 aliphatic carbocycles. The summed E-state index contributed by atoms with van der Waals surface area (Å²) in [6.45, 7) is 5.18. The topological polar surface area (TPSA) is 57.8 Å². The van der Waals surface area contributed by atoms with Crippen LogP contribution in [0.2, 0.25) is 5.02 Å². The van der Waals surface area contributed by atoms with Crippen molar-refractivity contribution in [3.63, 3.8) is 0 Å². The fourth-order valence-corrected chi connectivity index (χ4v) is 3.26. The van der Waals surface area contributed by atoms with Crippen molar-refractivity contribution >= 4 is 22.5 Å². The second kappa shape index (κ2) is 5.43. The van der Waals surface area contributed by atoms with Crippen molar-refractivity contribution < 1.29 is 0 Å². The Bertz CT molecular complexity index is 723. The first-order chi connectivity index (χ1) is 9.93. The van der Waals surface area contributed by atoms with Gasteiger partial charge in [0.1, 0.15) is 5.82 Å². The predicted molar refractivity (Wildman–Crippen MR) is 85.6 cm³/mol. The second-order valence-corrected chi connectivity index (χ2v) is 7.10. The third kappa shape index (κ3) is 3.27. The van der Waals surface area contributed by atoms with Crippen LogP contribution < -0.4 is 10.9 Å². The SMILES string of the molecule is CC1(C)CCC(NCc2nc3cc(Cl)ccc3c(=O)[nH]2)C1. The predicted octanol–water partition coefficient (Wildman–Crippen LogP) is 3.24. The standard InChI is InChI=1S/C16H20ClN3O/c1-16(2)6-5-11(8-16)18-9-14-19-13-7-10(17)3-4-12(13)15(21)20-14/h3-4,7,11,18H,5-6,8-9H2,1-2H3,(H,19,20,21). The van der Waals surface area contributed by atoms with Crippen molar-refractivity contribution in [3.05, 3.63) is 39.4 Å². The molecule has 1 fully saturated rings. The molecule has 0 aliphatic heterocycles. The van der Waals surface area contributed by atoms with Crippen molar-refractivity contribution in [2.45, 2.75) is 45.7 Å². The molecule has 1 heterocycles. The molecular weight excluding hydrogens is 286 g/mol. The lowest BCUT2D eigenvalue weighted by Gasteiger charge is -2.17. The van der Waals surface area contributed by atoms with E-state index in [1.54, 1.807) is 18.2 Å². The number of benzene rings is 1. The Morgan fingerprint density at radius 2 is 2.29 bits per heavy atom. The molecule has 0 bridgehead atoms. The van der Waals surface area contributed by atoms with E-state index < -0.39 is 0 Å². The van der Waals surface area contributed by atoms with Gasteiger partial charge in [0.05, 0.1) is 17.4 Å². The molecular formula is C16H20ClN3O. The van der Waals surface area contributed by atoms with Crippen LogP contribution in [0.25, 0.3) is 10.9 Å². The smallest absolute Gasteiger partial charge is 0.258 e. The Balaban J connectivity index is 1.77. The molecule has 1 unspecified atom stereocenters. The zero-order valence-electron chi connectivity index (χ0n) is 12.4. The first kappa shape index (κ1) is 14.5. The number of halogens is 1. The number of hydrogen-bond acceptors (Lipinski definition) is 3. The number of aromatic nitrogens is 2. The summed E-state index contributed by atoms with van der Waals surface area (Å²) in [5, 5.41) is 4.66. The second-order valence-electron chi connectivity index (χ2n) is 6.66. The molecule has 0 spiro atoms. The van der Waals surface area contributed by atoms with E-state index in [1.165, 1.54) is 12.8 Å². The third-order valence-electron chi connectivity index (χ3n) is 4.24. The van der Waals surface area contributed by atoms with Gasteiger partial charge in [-0.05, 0) is 42.9 Å². The lowest BCUT2D eigenvalue weighted by Crippen LogP contribution is -2.28. The molecule has 0 radical (unpaired) electrons. The first-order valence-corrected chi connectivity index (χ1v) is 7.73. The molecule has 5 heteroatoms. The molecule has 3 rings (SSSR count). The number of hydrogen-bond donors (Lipinski definition) is 2. The first-order valence-electron chi connectivity index (χ1n) is 7.35. The summed E-state index contributed by atoms with van der Waals surface area (Å²) in [7, 11) is 0. The van der Waals surface area contributed by atoms with Gasteiger partial charge in [-0.3, -0.25) is 4.79 Å². The minimum atomic E-state index is -0.111. The van der Waals surface area contributed by atoms with Crippen LogP contribution in [0.1, 0.15) is 38.9 Å². The average Bonchev–Trinajstić information content (AvgIpc) is 2.75. The Kier molecular flexibility index (Phi) is 3.76. The molecule has 21 heavy (non-hydrogen) atoms. The molecule has 1 atom stereocenters. The highest BCUT2D eigenvalue weighted by atomic mass is 35.5. The molecule has 2 N–H and O–H groups in total.